The average Bonchev–Trinajstić information content (AvgIpc) is 3.36. The molecule has 0 spiro atoms. The minimum atomic E-state index is -4.63. The number of carbonyl (C=O) groups excluding carboxylic acids is 2. The molecule has 9 nitrogen and oxygen atoms in total. The summed E-state index contributed by atoms with van der Waals surface area (Å²) in [7, 11) is 1.19. The number of rotatable bonds is 61. The van der Waals surface area contributed by atoms with E-state index < -0.39 is 26.5 Å². The minimum Gasteiger partial charge on any atom is -0.756 e. The molecule has 0 amide bonds. The maximum Gasteiger partial charge on any atom is 0.306 e. The molecule has 440 valence electrons. The second-order valence-corrected chi connectivity index (χ2v) is 24.9. The van der Waals surface area contributed by atoms with Crippen LogP contribution in [-0.4, -0.2) is 70.0 Å². The second kappa shape index (κ2) is 56.5. The number of ether oxygens (including phenoxy) is 2. The summed E-state index contributed by atoms with van der Waals surface area (Å²) in [4.78, 5) is 37.9. The number of esters is 2. The SMILES string of the molecule is CCCCCCCCCC/C=C\CCCCCCCCCCCCCCCCCCCCCCCCCC(=O)OC(COC(=O)CCCCCCCCCCCCCCCCC)COP(=O)([O-])OCC[N+](C)(C)C. The molecule has 0 saturated carbocycles. The number of allylic oxidation sites excluding steroid dienone is 2. The van der Waals surface area contributed by atoms with Crippen molar-refractivity contribution in [3.05, 3.63) is 12.2 Å². The lowest BCUT2D eigenvalue weighted by molar-refractivity contribution is -0.870. The van der Waals surface area contributed by atoms with E-state index in [0.29, 0.717) is 17.4 Å². The van der Waals surface area contributed by atoms with Crippen LogP contribution < -0.4 is 4.89 Å². The third-order valence-electron chi connectivity index (χ3n) is 14.8. The van der Waals surface area contributed by atoms with Crippen LogP contribution in [0.4, 0.5) is 0 Å². The van der Waals surface area contributed by atoms with Crippen molar-refractivity contribution in [2.75, 3.05) is 47.5 Å². The third-order valence-corrected chi connectivity index (χ3v) is 15.7. The van der Waals surface area contributed by atoms with Crippen molar-refractivity contribution in [1.29, 1.82) is 0 Å². The standard InChI is InChI=1S/C64H126NO8P/c1-6-8-10-12-14-16-18-20-22-23-24-25-26-27-28-29-30-31-32-33-34-35-36-37-38-39-40-41-43-45-47-49-51-53-55-57-64(67)73-62(61-72-74(68,69)71-59-58-65(3,4)5)60-70-63(66)56-54-52-50-48-46-44-42-21-19-17-15-13-11-9-7-2/h23-24,62H,6-22,25-61H2,1-5H3/b24-23-. The van der Waals surface area contributed by atoms with E-state index in [9.17, 15) is 19.0 Å². The summed E-state index contributed by atoms with van der Waals surface area (Å²) >= 11 is 0. The van der Waals surface area contributed by atoms with E-state index in [-0.39, 0.29) is 32.0 Å². The normalized spacial score (nSPS) is 13.2. The van der Waals surface area contributed by atoms with Crippen LogP contribution in [0.15, 0.2) is 12.2 Å². The van der Waals surface area contributed by atoms with Crippen LogP contribution in [0.2, 0.25) is 0 Å². The van der Waals surface area contributed by atoms with Gasteiger partial charge in [0.2, 0.25) is 0 Å². The predicted octanol–water partition coefficient (Wildman–Crippen LogP) is 19.8. The van der Waals surface area contributed by atoms with Gasteiger partial charge in [0.25, 0.3) is 7.82 Å². The molecule has 0 rings (SSSR count). The van der Waals surface area contributed by atoms with Gasteiger partial charge >= 0.3 is 11.9 Å². The van der Waals surface area contributed by atoms with E-state index in [1.54, 1.807) is 0 Å². The topological polar surface area (TPSA) is 111 Å². The average molecular weight is 1070 g/mol. The third kappa shape index (κ3) is 60.0. The molecule has 0 aromatic carbocycles. The van der Waals surface area contributed by atoms with E-state index in [4.69, 9.17) is 18.5 Å². The largest absolute Gasteiger partial charge is 0.756 e. The van der Waals surface area contributed by atoms with Gasteiger partial charge in [-0.25, -0.2) is 0 Å². The van der Waals surface area contributed by atoms with Crippen molar-refractivity contribution in [2.45, 2.75) is 341 Å². The van der Waals surface area contributed by atoms with Crippen LogP contribution in [0.5, 0.6) is 0 Å². The Balaban J connectivity index is 3.92. The van der Waals surface area contributed by atoms with Gasteiger partial charge < -0.3 is 27.9 Å². The molecule has 2 unspecified atom stereocenters. The van der Waals surface area contributed by atoms with Gasteiger partial charge in [0.05, 0.1) is 27.7 Å². The molecule has 0 bridgehead atoms. The molecule has 0 aliphatic carbocycles. The molecular formula is C64H126NO8P. The number of nitrogens with zero attached hydrogens (tertiary/aromatic N) is 1. The Morgan fingerprint density at radius 2 is 0.689 bits per heavy atom. The first-order valence-electron chi connectivity index (χ1n) is 32.4. The molecule has 0 aromatic heterocycles. The second-order valence-electron chi connectivity index (χ2n) is 23.5. The van der Waals surface area contributed by atoms with E-state index in [0.717, 1.165) is 32.1 Å². The Morgan fingerprint density at radius 3 is 1.00 bits per heavy atom. The van der Waals surface area contributed by atoms with Crippen molar-refractivity contribution in [1.82, 2.24) is 0 Å². The predicted molar refractivity (Wildman–Crippen MR) is 315 cm³/mol. The lowest BCUT2D eigenvalue weighted by Gasteiger charge is -2.28. The minimum absolute atomic E-state index is 0.0259. The number of phosphoric ester groups is 1. The van der Waals surface area contributed by atoms with Crippen molar-refractivity contribution in [3.63, 3.8) is 0 Å². The summed E-state index contributed by atoms with van der Waals surface area (Å²) < 4.78 is 34.2. The smallest absolute Gasteiger partial charge is 0.306 e. The Bertz CT molecular complexity index is 1260. The maximum absolute atomic E-state index is 12.8. The maximum atomic E-state index is 12.8. The zero-order valence-electron chi connectivity index (χ0n) is 50.1. The molecule has 2 atom stereocenters. The fraction of sp³-hybridized carbons (Fsp3) is 0.938. The lowest BCUT2D eigenvalue weighted by atomic mass is 10.0. The number of hydrogen-bond acceptors (Lipinski definition) is 8. The van der Waals surface area contributed by atoms with Crippen LogP contribution in [0.25, 0.3) is 0 Å². The number of phosphoric acid groups is 1. The lowest BCUT2D eigenvalue weighted by Crippen LogP contribution is -2.37. The monoisotopic (exact) mass is 1070 g/mol. The van der Waals surface area contributed by atoms with E-state index in [2.05, 4.69) is 26.0 Å². The Kier molecular flexibility index (Phi) is 55.5. The quantitative estimate of drug-likeness (QED) is 0.0195. The van der Waals surface area contributed by atoms with Gasteiger partial charge in [-0.2, -0.15) is 0 Å². The molecule has 0 aliphatic heterocycles. The van der Waals surface area contributed by atoms with Crippen molar-refractivity contribution in [3.8, 4) is 0 Å². The fourth-order valence-electron chi connectivity index (χ4n) is 9.77. The van der Waals surface area contributed by atoms with Crippen LogP contribution in [0.3, 0.4) is 0 Å². The van der Waals surface area contributed by atoms with Crippen LogP contribution in [0, 0.1) is 0 Å². The van der Waals surface area contributed by atoms with Gasteiger partial charge in [-0.05, 0) is 38.5 Å². The Morgan fingerprint density at radius 1 is 0.405 bits per heavy atom. The zero-order valence-corrected chi connectivity index (χ0v) is 51.0. The van der Waals surface area contributed by atoms with Gasteiger partial charge in [-0.1, -0.05) is 296 Å². The first-order valence-corrected chi connectivity index (χ1v) is 33.9. The molecule has 0 aromatic rings. The molecule has 0 heterocycles. The molecular weight excluding hydrogens is 942 g/mol. The van der Waals surface area contributed by atoms with Crippen molar-refractivity contribution < 1.29 is 42.1 Å². The van der Waals surface area contributed by atoms with Gasteiger partial charge in [0.15, 0.2) is 6.10 Å². The summed E-state index contributed by atoms with van der Waals surface area (Å²) in [5.74, 6) is -0.811. The molecule has 0 fully saturated rings. The zero-order chi connectivity index (χ0) is 54.2. The summed E-state index contributed by atoms with van der Waals surface area (Å²) in [5, 5.41) is 0. The highest BCUT2D eigenvalue weighted by Gasteiger charge is 2.22. The summed E-state index contributed by atoms with van der Waals surface area (Å²) in [5.41, 5.74) is 0. The first kappa shape index (κ1) is 72.8. The van der Waals surface area contributed by atoms with E-state index >= 15 is 0 Å². The molecule has 0 aliphatic rings. The fourth-order valence-corrected chi connectivity index (χ4v) is 10.5. The molecule has 0 N–H and O–H groups in total. The van der Waals surface area contributed by atoms with E-state index in [1.165, 1.54) is 270 Å². The van der Waals surface area contributed by atoms with Crippen molar-refractivity contribution in [2.24, 2.45) is 0 Å². The Hall–Kier alpha value is -1.25. The number of unbranched alkanes of at least 4 members (excludes halogenated alkanes) is 45. The Labute approximate surface area is 460 Å². The van der Waals surface area contributed by atoms with E-state index in [1.807, 2.05) is 21.1 Å². The van der Waals surface area contributed by atoms with Gasteiger partial charge in [0, 0.05) is 12.8 Å². The highest BCUT2D eigenvalue weighted by Crippen LogP contribution is 2.38. The molecule has 74 heavy (non-hydrogen) atoms. The number of carbonyl (C=O) groups is 2. The van der Waals surface area contributed by atoms with Crippen molar-refractivity contribution >= 4 is 19.8 Å². The highest BCUT2D eigenvalue weighted by atomic mass is 31.2. The van der Waals surface area contributed by atoms with Crippen LogP contribution in [0.1, 0.15) is 335 Å². The number of quaternary nitrogens is 1. The molecule has 0 saturated heterocycles. The van der Waals surface area contributed by atoms with Crippen LogP contribution in [-0.2, 0) is 32.7 Å². The number of hydrogen-bond donors (Lipinski definition) is 0. The van der Waals surface area contributed by atoms with Gasteiger partial charge in [-0.15, -0.1) is 0 Å². The number of likely N-dealkylation sites (N-methyl/N-ethyl adjacent to an activating group) is 1. The highest BCUT2D eigenvalue weighted by molar-refractivity contribution is 7.45. The first-order chi connectivity index (χ1) is 36.0. The summed E-state index contributed by atoms with van der Waals surface area (Å²) in [6.45, 7) is 4.30. The van der Waals surface area contributed by atoms with Gasteiger partial charge in [0.1, 0.15) is 19.8 Å². The van der Waals surface area contributed by atoms with Crippen LogP contribution >= 0.6 is 7.82 Å². The summed E-state index contributed by atoms with van der Waals surface area (Å²) in [6, 6.07) is 0. The summed E-state index contributed by atoms with van der Waals surface area (Å²) in [6.07, 6.45) is 67.2. The van der Waals surface area contributed by atoms with Gasteiger partial charge in [-0.3, -0.25) is 14.2 Å². The molecule has 10 heteroatoms. The molecule has 0 radical (unpaired) electrons.